The van der Waals surface area contributed by atoms with Crippen molar-refractivity contribution in [1.82, 2.24) is 19.9 Å². The number of aromatic amines is 1. The quantitative estimate of drug-likeness (QED) is 0.801. The van der Waals surface area contributed by atoms with Crippen LogP contribution in [0.5, 0.6) is 0 Å². The zero-order valence-electron chi connectivity index (χ0n) is 9.46. The number of amides is 2. The first-order valence-electron chi connectivity index (χ1n) is 5.56. The van der Waals surface area contributed by atoms with Crippen LogP contribution in [0.3, 0.4) is 0 Å². The van der Waals surface area contributed by atoms with Crippen molar-refractivity contribution in [1.29, 1.82) is 0 Å². The van der Waals surface area contributed by atoms with Crippen molar-refractivity contribution in [3.63, 3.8) is 0 Å². The molecular formula is C12H10N4O2. The first-order chi connectivity index (χ1) is 8.77. The highest BCUT2D eigenvalue weighted by molar-refractivity contribution is 6.20. The van der Waals surface area contributed by atoms with Crippen molar-refractivity contribution in [2.45, 2.75) is 6.42 Å². The maximum absolute atomic E-state index is 12.0. The highest BCUT2D eigenvalue weighted by Crippen LogP contribution is 2.20. The van der Waals surface area contributed by atoms with E-state index in [4.69, 9.17) is 0 Å². The number of pyridine rings is 1. The van der Waals surface area contributed by atoms with Crippen molar-refractivity contribution in [2.75, 3.05) is 6.54 Å². The minimum absolute atomic E-state index is 0.243. The van der Waals surface area contributed by atoms with Gasteiger partial charge in [-0.1, -0.05) is 0 Å². The topological polar surface area (TPSA) is 79.0 Å². The predicted octanol–water partition coefficient (Wildman–Crippen LogP) is 0.643. The van der Waals surface area contributed by atoms with Gasteiger partial charge in [-0.2, -0.15) is 0 Å². The second-order valence-electron chi connectivity index (χ2n) is 3.99. The van der Waals surface area contributed by atoms with Crippen LogP contribution in [0, 0.1) is 0 Å². The lowest BCUT2D eigenvalue weighted by Crippen LogP contribution is -2.31. The first-order valence-corrected chi connectivity index (χ1v) is 5.56. The molecule has 0 aliphatic carbocycles. The standard InChI is InChI=1S/C12H10N4O2/c17-11-9-2-1-4-14-10(9)12(18)16(11)5-3-8-6-13-7-15-8/h1-2,4,6-7H,3,5H2,(H,13,15). The van der Waals surface area contributed by atoms with E-state index in [1.54, 1.807) is 24.7 Å². The van der Waals surface area contributed by atoms with Crippen LogP contribution in [0.15, 0.2) is 30.9 Å². The fourth-order valence-electron chi connectivity index (χ4n) is 1.97. The van der Waals surface area contributed by atoms with Crippen LogP contribution in [0.1, 0.15) is 26.5 Å². The number of nitrogens with zero attached hydrogens (tertiary/aromatic N) is 3. The molecular weight excluding hydrogens is 232 g/mol. The van der Waals surface area contributed by atoms with E-state index in [-0.39, 0.29) is 17.5 Å². The highest BCUT2D eigenvalue weighted by Gasteiger charge is 2.36. The van der Waals surface area contributed by atoms with E-state index in [0.29, 0.717) is 18.5 Å². The lowest BCUT2D eigenvalue weighted by Gasteiger charge is -2.12. The Bertz CT molecular complexity index is 571. The van der Waals surface area contributed by atoms with Gasteiger partial charge < -0.3 is 4.98 Å². The summed E-state index contributed by atoms with van der Waals surface area (Å²) in [6.07, 6.45) is 5.32. The largest absolute Gasteiger partial charge is 0.348 e. The Labute approximate surface area is 103 Å². The van der Waals surface area contributed by atoms with Crippen LogP contribution in [0.4, 0.5) is 0 Å². The number of hydrogen-bond acceptors (Lipinski definition) is 4. The summed E-state index contributed by atoms with van der Waals surface area (Å²) in [4.78, 5) is 36.0. The molecule has 18 heavy (non-hydrogen) atoms. The highest BCUT2D eigenvalue weighted by atomic mass is 16.2. The summed E-state index contributed by atoms with van der Waals surface area (Å²) >= 11 is 0. The van der Waals surface area contributed by atoms with Crippen molar-refractivity contribution < 1.29 is 9.59 Å². The molecule has 3 heterocycles. The SMILES string of the molecule is O=C1c2cccnc2C(=O)N1CCc1cnc[nH]1. The monoisotopic (exact) mass is 242 g/mol. The Morgan fingerprint density at radius 1 is 1.28 bits per heavy atom. The van der Waals surface area contributed by atoms with Gasteiger partial charge in [0.25, 0.3) is 11.8 Å². The van der Waals surface area contributed by atoms with Crippen molar-refractivity contribution in [2.24, 2.45) is 0 Å². The summed E-state index contributed by atoms with van der Waals surface area (Å²) in [6, 6.07) is 3.28. The third kappa shape index (κ3) is 1.58. The van der Waals surface area contributed by atoms with E-state index in [2.05, 4.69) is 15.0 Å². The molecule has 0 unspecified atom stereocenters. The van der Waals surface area contributed by atoms with Crippen molar-refractivity contribution in [3.8, 4) is 0 Å². The average Bonchev–Trinajstić information content (AvgIpc) is 2.98. The van der Waals surface area contributed by atoms with Gasteiger partial charge in [0.15, 0.2) is 0 Å². The number of imidazole rings is 1. The normalized spacial score (nSPS) is 14.1. The third-order valence-electron chi connectivity index (χ3n) is 2.89. The van der Waals surface area contributed by atoms with Gasteiger partial charge in [-0.15, -0.1) is 0 Å². The van der Waals surface area contributed by atoms with Gasteiger partial charge in [-0.25, -0.2) is 4.98 Å². The molecule has 6 nitrogen and oxygen atoms in total. The van der Waals surface area contributed by atoms with Crippen LogP contribution in [0.25, 0.3) is 0 Å². The molecule has 1 N–H and O–H groups in total. The Kier molecular flexibility index (Phi) is 2.40. The number of rotatable bonds is 3. The summed E-state index contributed by atoms with van der Waals surface area (Å²) in [5.74, 6) is -0.599. The first kappa shape index (κ1) is 10.6. The maximum atomic E-state index is 12.0. The molecule has 0 saturated heterocycles. The fraction of sp³-hybridized carbons (Fsp3) is 0.167. The van der Waals surface area contributed by atoms with Gasteiger partial charge in [-0.3, -0.25) is 19.5 Å². The number of imide groups is 1. The van der Waals surface area contributed by atoms with Gasteiger partial charge >= 0.3 is 0 Å². The van der Waals surface area contributed by atoms with E-state index >= 15 is 0 Å². The van der Waals surface area contributed by atoms with Gasteiger partial charge in [0, 0.05) is 31.1 Å². The van der Waals surface area contributed by atoms with Crippen molar-refractivity contribution in [3.05, 3.63) is 47.8 Å². The van der Waals surface area contributed by atoms with E-state index < -0.39 is 0 Å². The van der Waals surface area contributed by atoms with Crippen LogP contribution >= 0.6 is 0 Å². The number of carbonyl (C=O) groups excluding carboxylic acids is 2. The van der Waals surface area contributed by atoms with E-state index in [1.165, 1.54) is 11.1 Å². The summed E-state index contributed by atoms with van der Waals surface area (Å²) in [7, 11) is 0. The zero-order chi connectivity index (χ0) is 12.5. The van der Waals surface area contributed by atoms with E-state index in [1.807, 2.05) is 0 Å². The summed E-state index contributed by atoms with van der Waals surface area (Å²) in [5.41, 5.74) is 1.51. The fourth-order valence-corrected chi connectivity index (χ4v) is 1.97. The average molecular weight is 242 g/mol. The molecule has 3 rings (SSSR count). The van der Waals surface area contributed by atoms with Gasteiger partial charge in [-0.05, 0) is 12.1 Å². The maximum Gasteiger partial charge on any atom is 0.280 e. The molecule has 0 fully saturated rings. The van der Waals surface area contributed by atoms with Gasteiger partial charge in [0.05, 0.1) is 11.9 Å². The number of aromatic nitrogens is 3. The Morgan fingerprint density at radius 2 is 2.17 bits per heavy atom. The van der Waals surface area contributed by atoms with E-state index in [9.17, 15) is 9.59 Å². The molecule has 1 aliphatic heterocycles. The number of H-pyrrole nitrogens is 1. The van der Waals surface area contributed by atoms with Crippen LogP contribution in [0.2, 0.25) is 0 Å². The molecule has 0 radical (unpaired) electrons. The lowest BCUT2D eigenvalue weighted by molar-refractivity contribution is 0.0654. The molecule has 0 atom stereocenters. The number of nitrogens with one attached hydrogen (secondary N) is 1. The van der Waals surface area contributed by atoms with E-state index in [0.717, 1.165) is 5.69 Å². The molecule has 0 saturated carbocycles. The molecule has 0 aromatic carbocycles. The minimum atomic E-state index is -0.324. The zero-order valence-corrected chi connectivity index (χ0v) is 9.46. The Hall–Kier alpha value is -2.50. The Morgan fingerprint density at radius 3 is 2.89 bits per heavy atom. The molecule has 1 aliphatic rings. The molecule has 6 heteroatoms. The third-order valence-corrected chi connectivity index (χ3v) is 2.89. The van der Waals surface area contributed by atoms with Gasteiger partial charge in [0.1, 0.15) is 5.69 Å². The van der Waals surface area contributed by atoms with Gasteiger partial charge in [0.2, 0.25) is 0 Å². The summed E-state index contributed by atoms with van der Waals surface area (Å²) < 4.78 is 0. The number of hydrogen-bond donors (Lipinski definition) is 1. The molecule has 0 spiro atoms. The molecule has 0 bridgehead atoms. The Balaban J connectivity index is 1.80. The van der Waals surface area contributed by atoms with Crippen LogP contribution in [-0.4, -0.2) is 38.2 Å². The van der Waals surface area contributed by atoms with Crippen LogP contribution in [-0.2, 0) is 6.42 Å². The number of fused-ring (bicyclic) bond motifs is 1. The molecule has 2 amide bonds. The molecule has 90 valence electrons. The summed E-state index contributed by atoms with van der Waals surface area (Å²) in [6.45, 7) is 0.330. The van der Waals surface area contributed by atoms with Crippen LogP contribution < -0.4 is 0 Å². The molecule has 2 aromatic rings. The lowest BCUT2D eigenvalue weighted by atomic mass is 10.2. The molecule has 2 aromatic heterocycles. The smallest absolute Gasteiger partial charge is 0.280 e. The second-order valence-corrected chi connectivity index (χ2v) is 3.99. The minimum Gasteiger partial charge on any atom is -0.348 e. The second kappa shape index (κ2) is 4.06. The summed E-state index contributed by atoms with van der Waals surface area (Å²) in [5, 5.41) is 0. The predicted molar refractivity (Wildman–Crippen MR) is 61.9 cm³/mol. The number of carbonyl (C=O) groups is 2. The van der Waals surface area contributed by atoms with Crippen molar-refractivity contribution >= 4 is 11.8 Å².